The number of carbonyl (C=O) groups is 8. The minimum Gasteiger partial charge on any atom is -0.793 e. The fourth-order valence-electron chi connectivity index (χ4n) is 10.9. The van der Waals surface area contributed by atoms with Crippen molar-refractivity contribution in [3.63, 3.8) is 0 Å². The van der Waals surface area contributed by atoms with Crippen LogP contribution in [0, 0.1) is 18.6 Å². The van der Waals surface area contributed by atoms with E-state index < -0.39 is 17.9 Å². The zero-order valence-corrected chi connectivity index (χ0v) is 50.8. The number of hydrogen-bond acceptors (Lipinski definition) is 20. The first kappa shape index (κ1) is 66.4. The van der Waals surface area contributed by atoms with Crippen molar-refractivity contribution in [1.82, 2.24) is 9.97 Å². The van der Waals surface area contributed by atoms with Crippen LogP contribution in [0.3, 0.4) is 0 Å². The van der Waals surface area contributed by atoms with E-state index in [2.05, 4.69) is 52.8 Å². The van der Waals surface area contributed by atoms with E-state index in [9.17, 15) is 38.4 Å². The molecular weight excluding hydrogens is 1140 g/mol. The molecule has 87 heavy (non-hydrogen) atoms. The van der Waals surface area contributed by atoms with Crippen LogP contribution in [0.15, 0.2) is 60.7 Å². The second-order valence-electron chi connectivity index (χ2n) is 21.8. The number of rotatable bonds is 10. The molecular formula is C59H64BN9NaO17. The Morgan fingerprint density at radius 3 is 1.51 bits per heavy atom. The fraction of sp³-hybridized carbons (Fsp3) is 0.458. The van der Waals surface area contributed by atoms with E-state index in [1.807, 2.05) is 12.1 Å². The number of amides is 4. The smallest absolute Gasteiger partial charge is 0.793 e. The summed E-state index contributed by atoms with van der Waals surface area (Å²) < 4.78 is 37.7. The van der Waals surface area contributed by atoms with Crippen molar-refractivity contribution >= 4 is 90.3 Å². The van der Waals surface area contributed by atoms with Crippen molar-refractivity contribution in [2.45, 2.75) is 115 Å². The molecule has 4 aromatic rings. The largest absolute Gasteiger partial charge is 1.00 e. The van der Waals surface area contributed by atoms with Crippen LogP contribution in [-0.4, -0.2) is 135 Å². The summed E-state index contributed by atoms with van der Waals surface area (Å²) in [5.41, 5.74) is 9.50. The van der Waals surface area contributed by atoms with Crippen LogP contribution >= 0.6 is 0 Å². The van der Waals surface area contributed by atoms with Crippen LogP contribution in [0.5, 0.6) is 23.0 Å². The van der Waals surface area contributed by atoms with Gasteiger partial charge >= 0.3 is 41.5 Å². The number of aromatic nitrogens is 2. The van der Waals surface area contributed by atoms with Gasteiger partial charge in [-0.15, -0.1) is 0 Å². The summed E-state index contributed by atoms with van der Waals surface area (Å²) >= 11 is 0. The van der Waals surface area contributed by atoms with E-state index >= 15 is 0 Å². The first-order chi connectivity index (χ1) is 41.2. The molecule has 2 aliphatic carbocycles. The summed E-state index contributed by atoms with van der Waals surface area (Å²) in [5, 5.41) is 5.28. The number of aryl methyl sites for hydroxylation is 1. The minimum absolute atomic E-state index is 0. The first-order valence-corrected chi connectivity index (χ1v) is 27.7. The second-order valence-corrected chi connectivity index (χ2v) is 21.8. The predicted octanol–water partition coefficient (Wildman–Crippen LogP) is 3.32. The molecule has 2 aromatic heterocycles. The number of aldehydes is 1. The Hall–Kier alpha value is -8.18. The standard InChI is InChI=1S/C27H28N4O5.C18H21N3O3.C8H6N2O3.C4H6O4.C2H3BO2.Na/c1-28-19-3-4-21-20(14-19)31(24(33)16-35-21)13-12-27-10-8-26(9-11-27,17-36-27)7-6-18-2-5-22-25(29-18)30-23(32)15-34-22;1-20-13-2-3-15-14(10-13)21(16(22)11-23-15)9-8-18-6-4-17(19,5-7-18)12-24-18;11-3-5-1-2-6-8(9-5)10-7(12)4-13-6;1-3(5)7-8-4(2)6;1-2(4)5-3;/h2-5,14H,6-13,15-17H2,(H,29,30,32);2-3,10H,4-9,11-12,19H2;1-3H,4H2,(H,9,10,12);1-2H3;1H3;/q;;;;-1;+1. The number of nitrogens with two attached hydrogens (primary N) is 1. The van der Waals surface area contributed by atoms with Crippen LogP contribution in [0.2, 0.25) is 0 Å². The first-order valence-electron chi connectivity index (χ1n) is 27.7. The molecule has 4 amide bonds. The number of ether oxygens (including phenoxy) is 6. The molecule has 14 rings (SSSR count). The van der Waals surface area contributed by atoms with Crippen LogP contribution in [0.1, 0.15) is 108 Å². The number of anilines is 4. The number of nitrogens with zero attached hydrogens (tertiary/aromatic N) is 6. The Bertz CT molecular complexity index is 3290. The van der Waals surface area contributed by atoms with Crippen LogP contribution in [0.25, 0.3) is 9.69 Å². The van der Waals surface area contributed by atoms with Gasteiger partial charge < -0.3 is 67.3 Å². The molecule has 0 atom stereocenters. The molecule has 10 aliphatic rings. The Kier molecular flexibility index (Phi) is 22.5. The maximum absolute atomic E-state index is 12.7. The van der Waals surface area contributed by atoms with Crippen molar-refractivity contribution in [3.8, 4) is 23.0 Å². The van der Waals surface area contributed by atoms with E-state index in [1.165, 1.54) is 13.0 Å². The maximum atomic E-state index is 12.7. The number of carbonyl (C=O) groups excluding carboxylic acids is 8. The quantitative estimate of drug-likeness (QED) is 0.0674. The number of fused-ring (bicyclic) bond motifs is 10. The van der Waals surface area contributed by atoms with E-state index in [4.69, 9.17) is 47.3 Å². The summed E-state index contributed by atoms with van der Waals surface area (Å²) in [6, 6.07) is 17.4. The number of hydrogen-bond donors (Lipinski definition) is 3. The molecule has 4 N–H and O–H groups in total. The van der Waals surface area contributed by atoms with Crippen molar-refractivity contribution in [2.75, 3.05) is 73.2 Å². The van der Waals surface area contributed by atoms with Crippen molar-refractivity contribution in [3.05, 3.63) is 94.9 Å². The Morgan fingerprint density at radius 1 is 0.632 bits per heavy atom. The normalized spacial score (nSPS) is 22.7. The summed E-state index contributed by atoms with van der Waals surface area (Å²) in [6.45, 7) is 20.5. The number of nitrogens with one attached hydrogen (secondary N) is 2. The van der Waals surface area contributed by atoms with Crippen molar-refractivity contribution in [1.29, 1.82) is 0 Å². The van der Waals surface area contributed by atoms with Crippen LogP contribution in [0.4, 0.5) is 34.4 Å². The van der Waals surface area contributed by atoms with E-state index in [1.54, 1.807) is 52.3 Å². The molecule has 451 valence electrons. The zero-order valence-electron chi connectivity index (χ0n) is 48.8. The van der Waals surface area contributed by atoms with E-state index in [0.29, 0.717) is 90.0 Å². The predicted molar refractivity (Wildman–Crippen MR) is 305 cm³/mol. The average Bonchev–Trinajstić information content (AvgIpc) is 1.81. The van der Waals surface area contributed by atoms with Gasteiger partial charge in [-0.2, -0.15) is 0 Å². The van der Waals surface area contributed by atoms with Crippen molar-refractivity contribution in [2.24, 2.45) is 11.1 Å². The molecule has 2 saturated carbocycles. The van der Waals surface area contributed by atoms with Crippen molar-refractivity contribution < 1.29 is 111 Å². The molecule has 2 aromatic carbocycles. The van der Waals surface area contributed by atoms with Gasteiger partial charge in [0.2, 0.25) is 5.97 Å². The maximum Gasteiger partial charge on any atom is 1.00 e. The summed E-state index contributed by atoms with van der Waals surface area (Å²) in [7, 11) is 4.32. The summed E-state index contributed by atoms with van der Waals surface area (Å²) in [4.78, 5) is 114. The summed E-state index contributed by atoms with van der Waals surface area (Å²) in [6.07, 6.45) is 12.0. The van der Waals surface area contributed by atoms with Gasteiger partial charge in [0.05, 0.1) is 48.9 Å². The topological polar surface area (TPSA) is 311 Å². The van der Waals surface area contributed by atoms with Crippen LogP contribution < -0.4 is 74.7 Å². The van der Waals surface area contributed by atoms with Gasteiger partial charge in [0.25, 0.3) is 23.6 Å². The fourth-order valence-corrected chi connectivity index (χ4v) is 10.9. The summed E-state index contributed by atoms with van der Waals surface area (Å²) in [5.74, 6) is 0.895. The molecule has 26 nitrogen and oxygen atoms in total. The Morgan fingerprint density at radius 2 is 1.08 bits per heavy atom. The molecule has 4 bridgehead atoms. The van der Waals surface area contributed by atoms with Gasteiger partial charge in [-0.3, -0.25) is 28.8 Å². The van der Waals surface area contributed by atoms with E-state index in [0.717, 1.165) is 96.6 Å². The minimum atomic E-state index is -0.639. The molecule has 3 radical (unpaired) electrons. The number of benzene rings is 2. The van der Waals surface area contributed by atoms with Gasteiger partial charge in [-0.05, 0) is 131 Å². The van der Waals surface area contributed by atoms with Gasteiger partial charge in [0.1, 0.15) is 17.2 Å². The molecule has 28 heteroatoms. The number of pyridine rings is 2. The molecule has 0 spiro atoms. The molecule has 4 saturated heterocycles. The van der Waals surface area contributed by atoms with Gasteiger partial charge in [-0.1, -0.05) is 12.1 Å². The Balaban J connectivity index is 0.000000181. The average molecular weight is 1210 g/mol. The van der Waals surface area contributed by atoms with Crippen LogP contribution in [-0.2, 0) is 63.9 Å². The third-order valence-corrected chi connectivity index (χ3v) is 15.8. The van der Waals surface area contributed by atoms with E-state index in [-0.39, 0.29) is 107 Å². The second kappa shape index (κ2) is 29.5. The molecule has 6 fully saturated rings. The third-order valence-electron chi connectivity index (χ3n) is 15.8. The third kappa shape index (κ3) is 17.3. The SMILES string of the molecule is CC(=O)OOC(C)=O.O=Cc1ccc2c(n1)NC(=O)CO2.[B-]OC(C)=O.[C-]#[N+]c1ccc2c(c1)N(CCC13CCC(CCc4ccc5c(n4)NC(=O)CO5)(CC1)CO3)C(=O)CO2.[C-]#[N+]c1ccc2c(c1)N(CCC13CCC(N)(CC1)CO3)C(=O)CO2.[Na+]. The monoisotopic (exact) mass is 1200 g/mol. The molecule has 8 aliphatic heterocycles. The van der Waals surface area contributed by atoms with Gasteiger partial charge in [0.15, 0.2) is 67.2 Å². The Labute approximate surface area is 525 Å². The van der Waals surface area contributed by atoms with Gasteiger partial charge in [0, 0.05) is 45.1 Å². The molecule has 0 unspecified atom stereocenters. The van der Waals surface area contributed by atoms with Gasteiger partial charge in [-0.25, -0.2) is 39.0 Å². The zero-order chi connectivity index (χ0) is 61.7. The molecule has 10 heterocycles.